The van der Waals surface area contributed by atoms with E-state index in [1.807, 2.05) is 19.1 Å². The molecule has 2 aliphatic rings. The molecule has 3 heterocycles. The molecule has 4 rings (SSSR count). The Balaban J connectivity index is 1.49. The van der Waals surface area contributed by atoms with Crippen LogP contribution >= 0.6 is 0 Å². The highest BCUT2D eigenvalue weighted by Gasteiger charge is 2.41. The van der Waals surface area contributed by atoms with Gasteiger partial charge in [0.15, 0.2) is 17.4 Å². The molecule has 10 heteroatoms. The van der Waals surface area contributed by atoms with E-state index in [2.05, 4.69) is 9.97 Å². The quantitative estimate of drug-likeness (QED) is 0.530. The molecule has 2 fully saturated rings. The third kappa shape index (κ3) is 5.15. The number of urea groups is 1. The van der Waals surface area contributed by atoms with Crippen LogP contribution in [0.2, 0.25) is 0 Å². The summed E-state index contributed by atoms with van der Waals surface area (Å²) in [6, 6.07) is 3.17. The van der Waals surface area contributed by atoms with Gasteiger partial charge in [-0.1, -0.05) is 13.3 Å². The average Bonchev–Trinajstić information content (AvgIpc) is 3.56. The molecule has 176 valence electrons. The monoisotopic (exact) mass is 464 g/mol. The van der Waals surface area contributed by atoms with Crippen LogP contribution in [0, 0.1) is 5.82 Å². The highest BCUT2D eigenvalue weighted by atomic mass is 19.4. The summed E-state index contributed by atoms with van der Waals surface area (Å²) in [6.07, 6.45) is 1.04. The molecular formula is C23H24F4N4O2. The van der Waals surface area contributed by atoms with E-state index < -0.39 is 29.4 Å². The molecule has 0 aromatic carbocycles. The molecular weight excluding hydrogens is 440 g/mol. The van der Waals surface area contributed by atoms with Crippen molar-refractivity contribution >= 4 is 17.6 Å². The van der Waals surface area contributed by atoms with Crippen LogP contribution in [0.1, 0.15) is 55.3 Å². The minimum atomic E-state index is -4.74. The number of carbonyl (C=O) groups excluding carboxylic acids is 2. The van der Waals surface area contributed by atoms with Crippen LogP contribution in [-0.2, 0) is 17.4 Å². The number of carbonyl (C=O) groups is 2. The van der Waals surface area contributed by atoms with E-state index >= 15 is 0 Å². The number of aromatic nitrogens is 2. The molecule has 0 N–H and O–H groups in total. The molecule has 1 saturated carbocycles. The van der Waals surface area contributed by atoms with E-state index in [1.165, 1.54) is 4.90 Å². The van der Waals surface area contributed by atoms with Crippen molar-refractivity contribution in [3.8, 4) is 0 Å². The average molecular weight is 464 g/mol. The Morgan fingerprint density at radius 2 is 1.97 bits per heavy atom. The molecule has 0 bridgehead atoms. The van der Waals surface area contributed by atoms with Gasteiger partial charge in [-0.05, 0) is 48.9 Å². The van der Waals surface area contributed by atoms with Gasteiger partial charge in [0.2, 0.25) is 0 Å². The molecule has 2 amide bonds. The Morgan fingerprint density at radius 1 is 1.21 bits per heavy atom. The lowest BCUT2D eigenvalue weighted by molar-refractivity contribution is -0.138. The maximum absolute atomic E-state index is 14.5. The van der Waals surface area contributed by atoms with Crippen LogP contribution < -0.4 is 4.90 Å². The first-order valence-corrected chi connectivity index (χ1v) is 10.9. The Bertz CT molecular complexity index is 1050. The fraction of sp³-hybridized carbons (Fsp3) is 0.478. The molecule has 0 spiro atoms. The van der Waals surface area contributed by atoms with Gasteiger partial charge in [0.25, 0.3) is 0 Å². The highest BCUT2D eigenvalue weighted by molar-refractivity contribution is 5.96. The second-order valence-corrected chi connectivity index (χ2v) is 8.56. The minimum Gasteiger partial charge on any atom is -0.312 e. The summed E-state index contributed by atoms with van der Waals surface area (Å²) < 4.78 is 53.0. The van der Waals surface area contributed by atoms with E-state index in [0.717, 1.165) is 23.3 Å². The van der Waals surface area contributed by atoms with Crippen molar-refractivity contribution in [2.45, 2.75) is 57.2 Å². The van der Waals surface area contributed by atoms with Gasteiger partial charge in [-0.25, -0.2) is 14.2 Å². The van der Waals surface area contributed by atoms with E-state index in [1.54, 1.807) is 6.20 Å². The zero-order valence-corrected chi connectivity index (χ0v) is 18.1. The standard InChI is InChI=1S/C23H24F4N4O2/c1-2-3-18-12-31(21-20(24)9-16(11-29-21)23(25,26)27)22(33)30(18)13-19(32)10-17-8-15(6-7-28-17)14-4-5-14/h6-9,11,14,18H,2-5,10,12-13H2,1H3/t18-/m0/s1. The van der Waals surface area contributed by atoms with Gasteiger partial charge >= 0.3 is 12.2 Å². The molecule has 33 heavy (non-hydrogen) atoms. The van der Waals surface area contributed by atoms with Gasteiger partial charge in [0.1, 0.15) is 0 Å². The number of hydrogen-bond acceptors (Lipinski definition) is 4. The van der Waals surface area contributed by atoms with Crippen LogP contribution in [0.4, 0.5) is 28.2 Å². The van der Waals surface area contributed by atoms with Crippen molar-refractivity contribution in [1.82, 2.24) is 14.9 Å². The number of nitrogens with zero attached hydrogens (tertiary/aromatic N) is 4. The smallest absolute Gasteiger partial charge is 0.312 e. The van der Waals surface area contributed by atoms with Crippen molar-refractivity contribution < 1.29 is 27.2 Å². The first-order valence-electron chi connectivity index (χ1n) is 10.9. The first kappa shape index (κ1) is 23.1. The number of alkyl halides is 3. The van der Waals surface area contributed by atoms with E-state index in [-0.39, 0.29) is 31.3 Å². The van der Waals surface area contributed by atoms with Gasteiger partial charge in [-0.15, -0.1) is 0 Å². The summed E-state index contributed by atoms with van der Waals surface area (Å²) in [4.78, 5) is 36.0. The molecule has 1 atom stereocenters. The van der Waals surface area contributed by atoms with Gasteiger partial charge in [0, 0.05) is 24.6 Å². The molecule has 0 unspecified atom stereocenters. The zero-order chi connectivity index (χ0) is 23.8. The van der Waals surface area contributed by atoms with E-state index in [0.29, 0.717) is 36.7 Å². The van der Waals surface area contributed by atoms with Crippen LogP contribution in [0.3, 0.4) is 0 Å². The second-order valence-electron chi connectivity index (χ2n) is 8.56. The zero-order valence-electron chi connectivity index (χ0n) is 18.1. The van der Waals surface area contributed by atoms with Crippen molar-refractivity contribution in [3.05, 3.63) is 53.2 Å². The lowest BCUT2D eigenvalue weighted by atomic mass is 10.1. The van der Waals surface area contributed by atoms with Crippen LogP contribution in [0.15, 0.2) is 30.6 Å². The summed E-state index contributed by atoms with van der Waals surface area (Å²) in [5.41, 5.74) is 0.563. The fourth-order valence-electron chi connectivity index (χ4n) is 4.15. The number of hydrogen-bond donors (Lipinski definition) is 0. The van der Waals surface area contributed by atoms with Crippen LogP contribution in [-0.4, -0.2) is 45.8 Å². The van der Waals surface area contributed by atoms with Crippen molar-refractivity contribution in [3.63, 3.8) is 0 Å². The highest BCUT2D eigenvalue weighted by Crippen LogP contribution is 2.40. The number of rotatable bonds is 8. The van der Waals surface area contributed by atoms with Gasteiger partial charge < -0.3 is 4.90 Å². The summed E-state index contributed by atoms with van der Waals surface area (Å²) in [7, 11) is 0. The lowest BCUT2D eigenvalue weighted by Crippen LogP contribution is -2.39. The van der Waals surface area contributed by atoms with Crippen LogP contribution in [0.5, 0.6) is 0 Å². The van der Waals surface area contributed by atoms with E-state index in [9.17, 15) is 27.2 Å². The molecule has 1 saturated heterocycles. The number of ketones is 1. The Hall–Kier alpha value is -3.04. The number of amides is 2. The molecule has 2 aromatic rings. The lowest BCUT2D eigenvalue weighted by Gasteiger charge is -2.22. The van der Waals surface area contributed by atoms with Gasteiger partial charge in [-0.2, -0.15) is 13.2 Å². The topological polar surface area (TPSA) is 66.4 Å². The maximum Gasteiger partial charge on any atom is 0.417 e. The van der Waals surface area contributed by atoms with Gasteiger partial charge in [-0.3, -0.25) is 14.7 Å². The summed E-state index contributed by atoms with van der Waals surface area (Å²) in [5, 5.41) is 0. The Morgan fingerprint density at radius 3 is 2.61 bits per heavy atom. The molecule has 1 aliphatic carbocycles. The normalized spacial score (nSPS) is 18.8. The summed E-state index contributed by atoms with van der Waals surface area (Å²) in [5.74, 6) is -1.39. The molecule has 2 aromatic heterocycles. The van der Waals surface area contributed by atoms with Crippen molar-refractivity contribution in [2.24, 2.45) is 0 Å². The molecule has 1 aliphatic heterocycles. The Labute approximate surface area is 188 Å². The molecule has 6 nitrogen and oxygen atoms in total. The second kappa shape index (κ2) is 9.07. The number of halogens is 4. The number of anilines is 1. The predicted molar refractivity (Wildman–Crippen MR) is 112 cm³/mol. The Kier molecular flexibility index (Phi) is 6.36. The van der Waals surface area contributed by atoms with Crippen molar-refractivity contribution in [2.75, 3.05) is 18.0 Å². The first-order chi connectivity index (χ1) is 15.7. The van der Waals surface area contributed by atoms with Gasteiger partial charge in [0.05, 0.1) is 24.6 Å². The van der Waals surface area contributed by atoms with E-state index in [4.69, 9.17) is 0 Å². The summed E-state index contributed by atoms with van der Waals surface area (Å²) in [6.45, 7) is 1.78. The van der Waals surface area contributed by atoms with Crippen molar-refractivity contribution in [1.29, 1.82) is 0 Å². The number of Topliss-reactive ketones (excluding diaryl/α,β-unsaturated/α-hetero) is 1. The van der Waals surface area contributed by atoms with Crippen LogP contribution in [0.25, 0.3) is 0 Å². The maximum atomic E-state index is 14.5. The largest absolute Gasteiger partial charge is 0.417 e. The minimum absolute atomic E-state index is 0.0463. The summed E-state index contributed by atoms with van der Waals surface area (Å²) >= 11 is 0. The SMILES string of the molecule is CCC[C@H]1CN(c2ncc(C(F)(F)F)cc2F)C(=O)N1CC(=O)Cc1cc(C2CC2)ccn1. The molecule has 0 radical (unpaired) electrons. The fourth-order valence-corrected chi connectivity index (χ4v) is 4.15. The third-order valence-electron chi connectivity index (χ3n) is 5.95. The third-order valence-corrected chi connectivity index (χ3v) is 5.95. The number of pyridine rings is 2. The predicted octanol–water partition coefficient (Wildman–Crippen LogP) is 4.73.